The fraction of sp³-hybridized carbons (Fsp3) is 0.267. The smallest absolute Gasteiger partial charge is 0.422 e. The van der Waals surface area contributed by atoms with Crippen LogP contribution in [-0.4, -0.2) is 19.4 Å². The van der Waals surface area contributed by atoms with E-state index in [0.29, 0.717) is 17.6 Å². The van der Waals surface area contributed by atoms with Crippen LogP contribution in [0.1, 0.15) is 29.2 Å². The molecule has 8 heteroatoms. The Morgan fingerprint density at radius 1 is 0.658 bits per heavy atom. The van der Waals surface area contributed by atoms with Crippen molar-refractivity contribution in [3.05, 3.63) is 106 Å². The van der Waals surface area contributed by atoms with Crippen LogP contribution in [0.3, 0.4) is 0 Å². The average Bonchev–Trinajstić information content (AvgIpc) is 2.87. The summed E-state index contributed by atoms with van der Waals surface area (Å²) in [6.45, 7) is 0.748. The monoisotopic (exact) mass is 532 g/mol. The van der Waals surface area contributed by atoms with Gasteiger partial charge in [-0.05, 0) is 84.5 Å². The summed E-state index contributed by atoms with van der Waals surface area (Å²) in [7, 11) is 0. The van der Waals surface area contributed by atoms with Gasteiger partial charge in [-0.2, -0.15) is 13.2 Å². The van der Waals surface area contributed by atoms with Gasteiger partial charge in [-0.15, -0.1) is 0 Å². The Morgan fingerprint density at radius 3 is 1.95 bits per heavy atom. The molecule has 0 aliphatic carbocycles. The third kappa shape index (κ3) is 7.00. The van der Waals surface area contributed by atoms with E-state index in [-0.39, 0.29) is 18.4 Å². The molecule has 2 nitrogen and oxygen atoms in total. The molecular formula is C30H26F6O2. The zero-order chi connectivity index (χ0) is 27.3. The van der Waals surface area contributed by atoms with E-state index in [1.807, 2.05) is 49.4 Å². The minimum absolute atomic E-state index is 0.0932. The van der Waals surface area contributed by atoms with Crippen molar-refractivity contribution in [3.8, 4) is 11.5 Å². The molecule has 0 N–H and O–H groups in total. The number of aryl methyl sites for hydroxylation is 4. The molecule has 4 aromatic carbocycles. The predicted molar refractivity (Wildman–Crippen MR) is 134 cm³/mol. The number of alkyl halides is 3. The van der Waals surface area contributed by atoms with Crippen molar-refractivity contribution >= 4 is 10.8 Å². The maximum absolute atomic E-state index is 15.2. The fourth-order valence-electron chi connectivity index (χ4n) is 4.27. The van der Waals surface area contributed by atoms with Crippen LogP contribution in [0.5, 0.6) is 11.5 Å². The molecule has 0 heterocycles. The maximum Gasteiger partial charge on any atom is 0.422 e. The highest BCUT2D eigenvalue weighted by molar-refractivity contribution is 5.84. The van der Waals surface area contributed by atoms with Crippen molar-refractivity contribution < 1.29 is 35.8 Å². The topological polar surface area (TPSA) is 18.5 Å². The van der Waals surface area contributed by atoms with E-state index in [2.05, 4.69) is 4.74 Å². The number of ether oxygens (including phenoxy) is 2. The molecule has 200 valence electrons. The number of fused-ring (bicyclic) bond motifs is 1. The maximum atomic E-state index is 15.2. The summed E-state index contributed by atoms with van der Waals surface area (Å²) >= 11 is 0. The number of hydrogen-bond donors (Lipinski definition) is 0. The number of benzene rings is 4. The molecule has 0 atom stereocenters. The van der Waals surface area contributed by atoms with Gasteiger partial charge in [0.1, 0.15) is 11.6 Å². The highest BCUT2D eigenvalue weighted by Crippen LogP contribution is 2.28. The zero-order valence-electron chi connectivity index (χ0n) is 20.7. The van der Waals surface area contributed by atoms with Crippen LogP contribution < -0.4 is 9.47 Å². The van der Waals surface area contributed by atoms with E-state index in [1.54, 1.807) is 12.1 Å². The normalized spacial score (nSPS) is 11.7. The number of hydrogen-bond acceptors (Lipinski definition) is 2. The summed E-state index contributed by atoms with van der Waals surface area (Å²) in [4.78, 5) is 0. The molecule has 0 saturated carbocycles. The van der Waals surface area contributed by atoms with E-state index in [9.17, 15) is 22.0 Å². The Kier molecular flexibility index (Phi) is 8.49. The second-order valence-corrected chi connectivity index (χ2v) is 8.96. The van der Waals surface area contributed by atoms with Gasteiger partial charge in [0, 0.05) is 5.39 Å². The fourth-order valence-corrected chi connectivity index (χ4v) is 4.27. The second-order valence-electron chi connectivity index (χ2n) is 8.96. The molecule has 0 unspecified atom stereocenters. The van der Waals surface area contributed by atoms with E-state index >= 15 is 4.39 Å². The summed E-state index contributed by atoms with van der Waals surface area (Å²) in [5.41, 5.74) is 2.79. The molecule has 0 aromatic heterocycles. The molecule has 0 saturated heterocycles. The van der Waals surface area contributed by atoms with Crippen LogP contribution >= 0.6 is 0 Å². The van der Waals surface area contributed by atoms with Crippen molar-refractivity contribution in [2.75, 3.05) is 13.2 Å². The number of halogens is 6. The van der Waals surface area contributed by atoms with Gasteiger partial charge < -0.3 is 9.47 Å². The molecule has 0 aliphatic heterocycles. The molecule has 0 fully saturated rings. The Hall–Kier alpha value is -3.68. The molecule has 0 aliphatic rings. The van der Waals surface area contributed by atoms with E-state index < -0.39 is 36.0 Å². The van der Waals surface area contributed by atoms with Gasteiger partial charge in [0.2, 0.25) is 0 Å². The van der Waals surface area contributed by atoms with Gasteiger partial charge in [-0.25, -0.2) is 13.2 Å². The molecule has 0 bridgehead atoms. The van der Waals surface area contributed by atoms with Crippen LogP contribution in [0.15, 0.2) is 66.7 Å². The molecule has 0 spiro atoms. The standard InChI is InChI=1S/C30H26F6O2/c1-2-37-24-12-6-19(7-13-24)3-4-20-8-14-25-23(15-20)11-10-22(28(25)33)9-5-21-16-26(31)29(27(32)17-21)38-18-30(34,35)36/h6-8,10-17H,2-5,9,18H2,1H3. The van der Waals surface area contributed by atoms with E-state index in [0.717, 1.165) is 41.7 Å². The van der Waals surface area contributed by atoms with Gasteiger partial charge in [-0.3, -0.25) is 0 Å². The summed E-state index contributed by atoms with van der Waals surface area (Å²) < 4.78 is 90.1. The van der Waals surface area contributed by atoms with Crippen LogP contribution in [0.25, 0.3) is 10.8 Å². The zero-order valence-corrected chi connectivity index (χ0v) is 20.7. The van der Waals surface area contributed by atoms with Crippen molar-refractivity contribution in [1.82, 2.24) is 0 Å². The SMILES string of the molecule is CCOc1ccc(CCc2ccc3c(F)c(CCc4cc(F)c(OCC(F)(F)F)c(F)c4)ccc3c2)cc1. The quantitative estimate of drug-likeness (QED) is 0.192. The van der Waals surface area contributed by atoms with Crippen LogP contribution in [-0.2, 0) is 25.7 Å². The third-order valence-electron chi connectivity index (χ3n) is 6.16. The van der Waals surface area contributed by atoms with Crippen LogP contribution in [0.4, 0.5) is 26.3 Å². The summed E-state index contributed by atoms with van der Waals surface area (Å²) in [6, 6.07) is 18.8. The lowest BCUT2D eigenvalue weighted by Gasteiger charge is -2.12. The van der Waals surface area contributed by atoms with Crippen molar-refractivity contribution in [2.45, 2.75) is 38.8 Å². The number of rotatable bonds is 10. The van der Waals surface area contributed by atoms with Crippen molar-refractivity contribution in [2.24, 2.45) is 0 Å². The average molecular weight is 533 g/mol. The molecule has 0 amide bonds. The van der Waals surface area contributed by atoms with Crippen LogP contribution in [0.2, 0.25) is 0 Å². The summed E-state index contributed by atoms with van der Waals surface area (Å²) in [5.74, 6) is -3.13. The van der Waals surface area contributed by atoms with E-state index in [1.165, 1.54) is 5.56 Å². The Balaban J connectivity index is 1.41. The lowest BCUT2D eigenvalue weighted by atomic mass is 9.97. The summed E-state index contributed by atoms with van der Waals surface area (Å²) in [6.07, 6.45) is -2.86. The second kappa shape index (κ2) is 11.8. The van der Waals surface area contributed by atoms with Crippen molar-refractivity contribution in [1.29, 1.82) is 0 Å². The highest BCUT2D eigenvalue weighted by atomic mass is 19.4. The molecule has 38 heavy (non-hydrogen) atoms. The van der Waals surface area contributed by atoms with Gasteiger partial charge >= 0.3 is 6.18 Å². The van der Waals surface area contributed by atoms with Gasteiger partial charge in [0.15, 0.2) is 24.0 Å². The third-order valence-corrected chi connectivity index (χ3v) is 6.16. The Morgan fingerprint density at radius 2 is 1.29 bits per heavy atom. The Labute approximate surface area is 216 Å². The molecular weight excluding hydrogens is 506 g/mol. The first-order chi connectivity index (χ1) is 18.1. The molecule has 4 aromatic rings. The minimum Gasteiger partial charge on any atom is -0.494 e. The lowest BCUT2D eigenvalue weighted by molar-refractivity contribution is -0.154. The van der Waals surface area contributed by atoms with Crippen molar-refractivity contribution in [3.63, 3.8) is 0 Å². The highest BCUT2D eigenvalue weighted by Gasteiger charge is 2.30. The van der Waals surface area contributed by atoms with Gasteiger partial charge in [0.05, 0.1) is 6.61 Å². The van der Waals surface area contributed by atoms with E-state index in [4.69, 9.17) is 4.74 Å². The predicted octanol–water partition coefficient (Wildman–Crippen LogP) is 8.17. The lowest BCUT2D eigenvalue weighted by Crippen LogP contribution is -2.20. The summed E-state index contributed by atoms with van der Waals surface area (Å²) in [5, 5.41) is 1.19. The minimum atomic E-state index is -4.72. The largest absolute Gasteiger partial charge is 0.494 e. The molecule has 0 radical (unpaired) electrons. The van der Waals surface area contributed by atoms with Crippen LogP contribution in [0, 0.1) is 17.5 Å². The first-order valence-corrected chi connectivity index (χ1v) is 12.2. The Bertz CT molecular complexity index is 1370. The molecule has 4 rings (SSSR count). The first-order valence-electron chi connectivity index (χ1n) is 12.2. The van der Waals surface area contributed by atoms with Gasteiger partial charge in [-0.1, -0.05) is 42.5 Å². The van der Waals surface area contributed by atoms with Gasteiger partial charge in [0.25, 0.3) is 0 Å². The first kappa shape index (κ1) is 27.4.